The van der Waals surface area contributed by atoms with Gasteiger partial charge in [-0.05, 0) is 19.1 Å². The fourth-order valence-electron chi connectivity index (χ4n) is 1.47. The predicted octanol–water partition coefficient (Wildman–Crippen LogP) is 2.91. The molecule has 0 saturated heterocycles. The van der Waals surface area contributed by atoms with Crippen LogP contribution < -0.4 is 9.47 Å². The lowest BCUT2D eigenvalue weighted by Gasteiger charge is -2.07. The molecule has 4 nitrogen and oxygen atoms in total. The number of benzene rings is 1. The number of methoxy groups -OCH3 is 1. The second-order valence-corrected chi connectivity index (χ2v) is 4.72. The first-order valence-corrected chi connectivity index (χ1v) is 6.22. The Hall–Kier alpha value is -2.06. The molecule has 2 aromatic rings. The van der Waals surface area contributed by atoms with Crippen molar-refractivity contribution in [1.29, 1.82) is 5.26 Å². The summed E-state index contributed by atoms with van der Waals surface area (Å²) in [7, 11) is 1.56. The SMILES string of the molecule is COc1cc(C#N)cc(OCc2csc(C)n2)c1. The molecule has 0 radical (unpaired) electrons. The van der Waals surface area contributed by atoms with Gasteiger partial charge in [0.1, 0.15) is 18.1 Å². The molecule has 0 bridgehead atoms. The van der Waals surface area contributed by atoms with Crippen molar-refractivity contribution in [3.63, 3.8) is 0 Å². The lowest BCUT2D eigenvalue weighted by molar-refractivity contribution is 0.299. The molecular formula is C13H12N2O2S. The summed E-state index contributed by atoms with van der Waals surface area (Å²) in [5.74, 6) is 1.22. The first-order chi connectivity index (χ1) is 8.71. The van der Waals surface area contributed by atoms with E-state index in [0.717, 1.165) is 10.7 Å². The molecule has 1 heterocycles. The molecule has 92 valence electrons. The molecule has 0 aliphatic heterocycles. The summed E-state index contributed by atoms with van der Waals surface area (Å²) in [6.45, 7) is 2.34. The number of ether oxygens (including phenoxy) is 2. The van der Waals surface area contributed by atoms with Gasteiger partial charge in [-0.1, -0.05) is 0 Å². The highest BCUT2D eigenvalue weighted by molar-refractivity contribution is 7.09. The third-order valence-corrected chi connectivity index (χ3v) is 3.12. The molecule has 0 fully saturated rings. The maximum atomic E-state index is 8.90. The lowest BCUT2D eigenvalue weighted by Crippen LogP contribution is -1.97. The van der Waals surface area contributed by atoms with Gasteiger partial charge < -0.3 is 9.47 Å². The standard InChI is InChI=1S/C13H12N2O2S/c1-9-15-11(8-18-9)7-17-13-4-10(6-14)3-12(5-13)16-2/h3-5,8H,7H2,1-2H3. The molecule has 0 saturated carbocycles. The Balaban J connectivity index is 2.11. The molecule has 0 amide bonds. The van der Waals surface area contributed by atoms with Crippen molar-refractivity contribution in [3.05, 3.63) is 39.8 Å². The van der Waals surface area contributed by atoms with Gasteiger partial charge in [0.05, 0.1) is 29.4 Å². The highest BCUT2D eigenvalue weighted by Gasteiger charge is 2.04. The van der Waals surface area contributed by atoms with Crippen LogP contribution in [-0.2, 0) is 6.61 Å². The van der Waals surface area contributed by atoms with E-state index in [4.69, 9.17) is 14.7 Å². The number of nitrogens with zero attached hydrogens (tertiary/aromatic N) is 2. The van der Waals surface area contributed by atoms with Crippen LogP contribution in [0.25, 0.3) is 0 Å². The Morgan fingerprint density at radius 2 is 2.11 bits per heavy atom. The number of hydrogen-bond acceptors (Lipinski definition) is 5. The fourth-order valence-corrected chi connectivity index (χ4v) is 2.07. The van der Waals surface area contributed by atoms with Gasteiger partial charge in [-0.2, -0.15) is 5.26 Å². The lowest BCUT2D eigenvalue weighted by atomic mass is 10.2. The van der Waals surface area contributed by atoms with Crippen LogP contribution in [0.2, 0.25) is 0 Å². The average Bonchev–Trinajstić information content (AvgIpc) is 2.81. The highest BCUT2D eigenvalue weighted by atomic mass is 32.1. The van der Waals surface area contributed by atoms with Gasteiger partial charge in [0.15, 0.2) is 0 Å². The zero-order valence-corrected chi connectivity index (χ0v) is 11.0. The van der Waals surface area contributed by atoms with E-state index in [1.54, 1.807) is 36.6 Å². The van der Waals surface area contributed by atoms with E-state index in [2.05, 4.69) is 11.1 Å². The maximum absolute atomic E-state index is 8.90. The van der Waals surface area contributed by atoms with E-state index in [9.17, 15) is 0 Å². The number of nitriles is 1. The third kappa shape index (κ3) is 2.99. The molecule has 0 N–H and O–H groups in total. The van der Waals surface area contributed by atoms with E-state index < -0.39 is 0 Å². The highest BCUT2D eigenvalue weighted by Crippen LogP contribution is 2.23. The summed E-state index contributed by atoms with van der Waals surface area (Å²) in [5, 5.41) is 11.9. The van der Waals surface area contributed by atoms with Crippen LogP contribution in [0.15, 0.2) is 23.6 Å². The Bertz CT molecular complexity index is 587. The molecule has 0 spiro atoms. The molecule has 0 aliphatic rings. The molecule has 1 aromatic heterocycles. The zero-order valence-electron chi connectivity index (χ0n) is 10.1. The molecule has 2 rings (SSSR count). The van der Waals surface area contributed by atoms with Crippen molar-refractivity contribution in [3.8, 4) is 17.6 Å². The van der Waals surface area contributed by atoms with Crippen LogP contribution in [0.3, 0.4) is 0 Å². The minimum atomic E-state index is 0.391. The summed E-state index contributed by atoms with van der Waals surface area (Å²) in [5.41, 5.74) is 1.40. The Morgan fingerprint density at radius 1 is 1.33 bits per heavy atom. The Labute approximate surface area is 109 Å². The summed E-state index contributed by atoms with van der Waals surface area (Å²) in [4.78, 5) is 4.31. The molecule has 0 aliphatic carbocycles. The van der Waals surface area contributed by atoms with Crippen LogP contribution in [0.5, 0.6) is 11.5 Å². The first kappa shape index (κ1) is 12.4. The van der Waals surface area contributed by atoms with E-state index >= 15 is 0 Å². The Morgan fingerprint density at radius 3 is 2.72 bits per heavy atom. The third-order valence-electron chi connectivity index (χ3n) is 2.30. The number of aromatic nitrogens is 1. The normalized spacial score (nSPS) is 9.83. The first-order valence-electron chi connectivity index (χ1n) is 5.34. The summed E-state index contributed by atoms with van der Waals surface area (Å²) in [6.07, 6.45) is 0. The topological polar surface area (TPSA) is 55.1 Å². The van der Waals surface area contributed by atoms with Gasteiger partial charge in [-0.25, -0.2) is 4.98 Å². The Kier molecular flexibility index (Phi) is 3.80. The van der Waals surface area contributed by atoms with Crippen molar-refractivity contribution < 1.29 is 9.47 Å². The number of hydrogen-bond donors (Lipinski definition) is 0. The van der Waals surface area contributed by atoms with Crippen molar-refractivity contribution in [1.82, 2.24) is 4.98 Å². The summed E-state index contributed by atoms with van der Waals surface area (Å²) < 4.78 is 10.7. The van der Waals surface area contributed by atoms with Gasteiger partial charge in [0, 0.05) is 11.4 Å². The molecular weight excluding hydrogens is 248 g/mol. The van der Waals surface area contributed by atoms with Crippen LogP contribution in [0.1, 0.15) is 16.3 Å². The number of aryl methyl sites for hydroxylation is 1. The van der Waals surface area contributed by atoms with E-state index in [1.807, 2.05) is 12.3 Å². The molecule has 0 unspecified atom stereocenters. The van der Waals surface area contributed by atoms with Crippen LogP contribution in [-0.4, -0.2) is 12.1 Å². The van der Waals surface area contributed by atoms with Crippen molar-refractivity contribution in [2.24, 2.45) is 0 Å². The quantitative estimate of drug-likeness (QED) is 0.848. The van der Waals surface area contributed by atoms with E-state index in [1.165, 1.54) is 0 Å². The minimum Gasteiger partial charge on any atom is -0.497 e. The smallest absolute Gasteiger partial charge is 0.131 e. The van der Waals surface area contributed by atoms with Crippen molar-refractivity contribution in [2.75, 3.05) is 7.11 Å². The van der Waals surface area contributed by atoms with E-state index in [0.29, 0.717) is 23.7 Å². The monoisotopic (exact) mass is 260 g/mol. The van der Waals surface area contributed by atoms with E-state index in [-0.39, 0.29) is 0 Å². The largest absolute Gasteiger partial charge is 0.497 e. The zero-order chi connectivity index (χ0) is 13.0. The molecule has 1 aromatic carbocycles. The van der Waals surface area contributed by atoms with Crippen molar-refractivity contribution >= 4 is 11.3 Å². The van der Waals surface area contributed by atoms with Gasteiger partial charge >= 0.3 is 0 Å². The van der Waals surface area contributed by atoms with Gasteiger partial charge in [-0.15, -0.1) is 11.3 Å². The predicted molar refractivity (Wildman–Crippen MR) is 68.9 cm³/mol. The van der Waals surface area contributed by atoms with Gasteiger partial charge in [-0.3, -0.25) is 0 Å². The van der Waals surface area contributed by atoms with Gasteiger partial charge in [0.25, 0.3) is 0 Å². The fraction of sp³-hybridized carbons (Fsp3) is 0.231. The minimum absolute atomic E-state index is 0.391. The maximum Gasteiger partial charge on any atom is 0.131 e. The molecule has 5 heteroatoms. The van der Waals surface area contributed by atoms with Crippen molar-refractivity contribution in [2.45, 2.75) is 13.5 Å². The van der Waals surface area contributed by atoms with Gasteiger partial charge in [0.2, 0.25) is 0 Å². The number of thiazole rings is 1. The molecule has 0 atom stereocenters. The van der Waals surface area contributed by atoms with Crippen LogP contribution in [0, 0.1) is 18.3 Å². The summed E-state index contributed by atoms with van der Waals surface area (Å²) >= 11 is 1.59. The second-order valence-electron chi connectivity index (χ2n) is 3.66. The molecule has 18 heavy (non-hydrogen) atoms. The number of rotatable bonds is 4. The summed E-state index contributed by atoms with van der Waals surface area (Å²) in [6, 6.07) is 7.17. The van der Waals surface area contributed by atoms with Crippen LogP contribution >= 0.6 is 11.3 Å². The van der Waals surface area contributed by atoms with Crippen LogP contribution in [0.4, 0.5) is 0 Å². The second kappa shape index (κ2) is 5.52. The average molecular weight is 260 g/mol.